The molecular weight excluding hydrogens is 198 g/mol. The summed E-state index contributed by atoms with van der Waals surface area (Å²) in [5.74, 6) is -1.22. The number of halogens is 2. The summed E-state index contributed by atoms with van der Waals surface area (Å²) in [6.07, 6.45) is 1.52. The number of pyridine rings is 1. The lowest BCUT2D eigenvalue weighted by molar-refractivity contribution is 0.607. The van der Waals surface area contributed by atoms with Gasteiger partial charge in [0.05, 0.1) is 11.4 Å². The fraction of sp³-hybridized carbons (Fsp3) is 0. The molecule has 0 fully saturated rings. The van der Waals surface area contributed by atoms with E-state index in [0.717, 1.165) is 12.1 Å². The molecule has 0 aliphatic rings. The van der Waals surface area contributed by atoms with Crippen molar-refractivity contribution in [1.29, 1.82) is 0 Å². The standard InChI is InChI=1S/C11H8F2N2/c12-8-6-10(14)9(13)5-7(8)11-3-1-2-4-15-11/h1-6H,14H2. The third kappa shape index (κ3) is 1.79. The Kier molecular flexibility index (Phi) is 2.33. The van der Waals surface area contributed by atoms with Gasteiger partial charge in [-0.15, -0.1) is 0 Å². The van der Waals surface area contributed by atoms with Crippen molar-refractivity contribution in [2.75, 3.05) is 5.73 Å². The molecule has 0 aliphatic carbocycles. The maximum absolute atomic E-state index is 13.4. The van der Waals surface area contributed by atoms with Gasteiger partial charge in [0.1, 0.15) is 11.6 Å². The second-order valence-corrected chi connectivity index (χ2v) is 3.07. The summed E-state index contributed by atoms with van der Waals surface area (Å²) in [5, 5.41) is 0. The molecule has 76 valence electrons. The van der Waals surface area contributed by atoms with Gasteiger partial charge < -0.3 is 5.73 Å². The first kappa shape index (κ1) is 9.58. The Bertz CT molecular complexity index is 483. The summed E-state index contributed by atoms with van der Waals surface area (Å²) < 4.78 is 26.6. The van der Waals surface area contributed by atoms with Gasteiger partial charge in [0.2, 0.25) is 0 Å². The molecule has 0 saturated carbocycles. The van der Waals surface area contributed by atoms with Crippen LogP contribution in [-0.2, 0) is 0 Å². The second kappa shape index (κ2) is 3.65. The summed E-state index contributed by atoms with van der Waals surface area (Å²) >= 11 is 0. The van der Waals surface area contributed by atoms with Crippen LogP contribution in [0, 0.1) is 11.6 Å². The van der Waals surface area contributed by atoms with Crippen molar-refractivity contribution < 1.29 is 8.78 Å². The van der Waals surface area contributed by atoms with E-state index in [2.05, 4.69) is 4.98 Å². The van der Waals surface area contributed by atoms with Gasteiger partial charge >= 0.3 is 0 Å². The first-order chi connectivity index (χ1) is 7.18. The zero-order valence-electron chi connectivity index (χ0n) is 7.74. The molecular formula is C11H8F2N2. The van der Waals surface area contributed by atoms with E-state index in [1.165, 1.54) is 6.20 Å². The predicted molar refractivity (Wildman–Crippen MR) is 54.0 cm³/mol. The zero-order chi connectivity index (χ0) is 10.8. The molecule has 1 aromatic heterocycles. The number of rotatable bonds is 1. The first-order valence-corrected chi connectivity index (χ1v) is 4.34. The predicted octanol–water partition coefficient (Wildman–Crippen LogP) is 2.61. The topological polar surface area (TPSA) is 38.9 Å². The maximum atomic E-state index is 13.4. The van der Waals surface area contributed by atoms with Crippen molar-refractivity contribution in [2.24, 2.45) is 0 Å². The van der Waals surface area contributed by atoms with E-state index in [1.54, 1.807) is 18.2 Å². The normalized spacial score (nSPS) is 10.3. The maximum Gasteiger partial charge on any atom is 0.146 e. The van der Waals surface area contributed by atoms with Gasteiger partial charge in [-0.3, -0.25) is 4.98 Å². The van der Waals surface area contributed by atoms with Crippen LogP contribution in [0.3, 0.4) is 0 Å². The molecule has 0 saturated heterocycles. The van der Waals surface area contributed by atoms with Crippen LogP contribution >= 0.6 is 0 Å². The molecule has 2 rings (SSSR count). The fourth-order valence-corrected chi connectivity index (χ4v) is 1.28. The average molecular weight is 206 g/mol. The Morgan fingerprint density at radius 1 is 1.07 bits per heavy atom. The van der Waals surface area contributed by atoms with E-state index in [1.807, 2.05) is 0 Å². The highest BCUT2D eigenvalue weighted by atomic mass is 19.1. The van der Waals surface area contributed by atoms with Crippen LogP contribution < -0.4 is 5.73 Å². The van der Waals surface area contributed by atoms with Gasteiger partial charge in [-0.25, -0.2) is 8.78 Å². The number of hydrogen-bond donors (Lipinski definition) is 1. The largest absolute Gasteiger partial charge is 0.396 e. The molecule has 0 amide bonds. The van der Waals surface area contributed by atoms with Gasteiger partial charge in [-0.05, 0) is 18.2 Å². The Hall–Kier alpha value is -1.97. The Morgan fingerprint density at radius 2 is 1.87 bits per heavy atom. The fourth-order valence-electron chi connectivity index (χ4n) is 1.28. The Morgan fingerprint density at radius 3 is 2.53 bits per heavy atom. The SMILES string of the molecule is Nc1cc(F)c(-c2ccccn2)cc1F. The highest BCUT2D eigenvalue weighted by Gasteiger charge is 2.10. The summed E-state index contributed by atoms with van der Waals surface area (Å²) in [4.78, 5) is 3.93. The molecule has 1 aromatic carbocycles. The quantitative estimate of drug-likeness (QED) is 0.728. The molecule has 0 spiro atoms. The van der Waals surface area contributed by atoms with E-state index in [9.17, 15) is 8.78 Å². The summed E-state index contributed by atoms with van der Waals surface area (Å²) in [7, 11) is 0. The van der Waals surface area contributed by atoms with Crippen molar-refractivity contribution in [1.82, 2.24) is 4.98 Å². The van der Waals surface area contributed by atoms with Crippen LogP contribution in [0.2, 0.25) is 0 Å². The minimum Gasteiger partial charge on any atom is -0.396 e. The van der Waals surface area contributed by atoms with E-state index in [4.69, 9.17) is 5.73 Å². The van der Waals surface area contributed by atoms with Crippen molar-refractivity contribution in [3.8, 4) is 11.3 Å². The van der Waals surface area contributed by atoms with E-state index >= 15 is 0 Å². The Labute approximate surface area is 85.4 Å². The second-order valence-electron chi connectivity index (χ2n) is 3.07. The molecule has 2 nitrogen and oxygen atoms in total. The smallest absolute Gasteiger partial charge is 0.146 e. The van der Waals surface area contributed by atoms with Crippen LogP contribution in [0.5, 0.6) is 0 Å². The molecule has 0 atom stereocenters. The molecule has 0 bridgehead atoms. The van der Waals surface area contributed by atoms with Gasteiger partial charge in [0.25, 0.3) is 0 Å². The number of nitrogens with two attached hydrogens (primary N) is 1. The minimum absolute atomic E-state index is 0.113. The van der Waals surface area contributed by atoms with Crippen LogP contribution in [0.4, 0.5) is 14.5 Å². The molecule has 0 aliphatic heterocycles. The molecule has 0 unspecified atom stereocenters. The van der Waals surface area contributed by atoms with Crippen LogP contribution in [0.1, 0.15) is 0 Å². The number of hydrogen-bond acceptors (Lipinski definition) is 2. The molecule has 1 heterocycles. The monoisotopic (exact) mass is 206 g/mol. The third-order valence-corrected chi connectivity index (χ3v) is 2.03. The Balaban J connectivity index is 2.59. The van der Waals surface area contributed by atoms with E-state index < -0.39 is 11.6 Å². The summed E-state index contributed by atoms with van der Waals surface area (Å²) in [6.45, 7) is 0. The van der Waals surface area contributed by atoms with Crippen molar-refractivity contribution in [2.45, 2.75) is 0 Å². The molecule has 0 radical (unpaired) electrons. The molecule has 2 aromatic rings. The van der Waals surface area contributed by atoms with Crippen molar-refractivity contribution in [3.63, 3.8) is 0 Å². The lowest BCUT2D eigenvalue weighted by atomic mass is 10.1. The highest BCUT2D eigenvalue weighted by Crippen LogP contribution is 2.24. The molecule has 15 heavy (non-hydrogen) atoms. The lowest BCUT2D eigenvalue weighted by Crippen LogP contribution is -1.95. The minimum atomic E-state index is -0.642. The van der Waals surface area contributed by atoms with Crippen LogP contribution in [0.25, 0.3) is 11.3 Å². The van der Waals surface area contributed by atoms with Gasteiger partial charge in [-0.1, -0.05) is 6.07 Å². The number of anilines is 1. The molecule has 2 N–H and O–H groups in total. The summed E-state index contributed by atoms with van der Waals surface area (Å²) in [6, 6.07) is 7.02. The first-order valence-electron chi connectivity index (χ1n) is 4.34. The highest BCUT2D eigenvalue weighted by molar-refractivity contribution is 5.63. The van der Waals surface area contributed by atoms with Gasteiger partial charge in [-0.2, -0.15) is 0 Å². The third-order valence-electron chi connectivity index (χ3n) is 2.03. The van der Waals surface area contributed by atoms with Crippen LogP contribution in [0.15, 0.2) is 36.5 Å². The van der Waals surface area contributed by atoms with E-state index in [0.29, 0.717) is 5.69 Å². The number of nitrogens with zero attached hydrogens (tertiary/aromatic N) is 1. The van der Waals surface area contributed by atoms with Crippen molar-refractivity contribution >= 4 is 5.69 Å². The number of benzene rings is 1. The lowest BCUT2D eigenvalue weighted by Gasteiger charge is -2.04. The van der Waals surface area contributed by atoms with E-state index in [-0.39, 0.29) is 11.3 Å². The number of aromatic nitrogens is 1. The number of nitrogen functional groups attached to an aromatic ring is 1. The van der Waals surface area contributed by atoms with Gasteiger partial charge in [0, 0.05) is 17.8 Å². The van der Waals surface area contributed by atoms with Crippen LogP contribution in [-0.4, -0.2) is 4.98 Å². The zero-order valence-corrected chi connectivity index (χ0v) is 7.74. The summed E-state index contributed by atoms with van der Waals surface area (Å²) in [5.41, 5.74) is 5.53. The van der Waals surface area contributed by atoms with Gasteiger partial charge in [0.15, 0.2) is 0 Å². The molecule has 4 heteroatoms. The van der Waals surface area contributed by atoms with Crippen molar-refractivity contribution in [3.05, 3.63) is 48.2 Å². The average Bonchev–Trinajstić information content (AvgIpc) is 2.25.